The van der Waals surface area contributed by atoms with Gasteiger partial charge in [0.15, 0.2) is 5.17 Å². The van der Waals surface area contributed by atoms with E-state index in [1.807, 2.05) is 19.1 Å². The third-order valence-corrected chi connectivity index (χ3v) is 6.73. The molecule has 7 heteroatoms. The fourth-order valence-electron chi connectivity index (χ4n) is 1.74. The number of aliphatic hydroxyl groups is 1. The van der Waals surface area contributed by atoms with Crippen molar-refractivity contribution in [3.8, 4) is 0 Å². The van der Waals surface area contributed by atoms with Gasteiger partial charge in [0.2, 0.25) is 5.91 Å². The van der Waals surface area contributed by atoms with Crippen molar-refractivity contribution in [1.82, 2.24) is 5.32 Å². The third kappa shape index (κ3) is 2.95. The maximum atomic E-state index is 12.1. The first-order valence-electron chi connectivity index (χ1n) is 6.19. The fraction of sp³-hybridized carbons (Fsp3) is 0.538. The molecule has 1 aromatic heterocycles. The highest BCUT2D eigenvalue weighted by molar-refractivity contribution is 9.11. The number of rotatable bonds is 3. The van der Waals surface area contributed by atoms with E-state index in [9.17, 15) is 9.90 Å². The number of amidine groups is 1. The average Bonchev–Trinajstić information content (AvgIpc) is 2.84. The molecular weight excluding hydrogens is 360 g/mol. The summed E-state index contributed by atoms with van der Waals surface area (Å²) in [5, 5.41) is 13.5. The van der Waals surface area contributed by atoms with Crippen LogP contribution < -0.4 is 5.32 Å². The van der Waals surface area contributed by atoms with Gasteiger partial charge in [-0.1, -0.05) is 11.8 Å². The van der Waals surface area contributed by atoms with Gasteiger partial charge in [0.1, 0.15) is 4.75 Å². The predicted molar refractivity (Wildman–Crippen MR) is 88.3 cm³/mol. The van der Waals surface area contributed by atoms with E-state index in [2.05, 4.69) is 26.2 Å². The lowest BCUT2D eigenvalue weighted by atomic mass is 9.91. The van der Waals surface area contributed by atoms with Gasteiger partial charge >= 0.3 is 0 Å². The van der Waals surface area contributed by atoms with Crippen LogP contribution in [0.3, 0.4) is 0 Å². The second-order valence-electron chi connectivity index (χ2n) is 5.40. The van der Waals surface area contributed by atoms with E-state index in [0.29, 0.717) is 5.17 Å². The number of nitrogens with zero attached hydrogens (tertiary/aromatic N) is 1. The molecule has 0 radical (unpaired) electrons. The molecule has 0 bridgehead atoms. The fourth-order valence-corrected chi connectivity index (χ4v) is 4.28. The van der Waals surface area contributed by atoms with Crippen LogP contribution in [0.5, 0.6) is 0 Å². The zero-order valence-electron chi connectivity index (χ0n) is 11.7. The summed E-state index contributed by atoms with van der Waals surface area (Å²) in [6, 6.07) is 3.97. The summed E-state index contributed by atoms with van der Waals surface area (Å²) in [7, 11) is 0. The molecule has 1 aliphatic rings. The van der Waals surface area contributed by atoms with E-state index in [4.69, 9.17) is 0 Å². The highest BCUT2D eigenvalue weighted by atomic mass is 79.9. The Hall–Kier alpha value is -0.370. The molecule has 2 heterocycles. The minimum atomic E-state index is -1.12. The van der Waals surface area contributed by atoms with Crippen molar-refractivity contribution in [2.45, 2.75) is 44.1 Å². The Kier molecular flexibility index (Phi) is 4.35. The van der Waals surface area contributed by atoms with E-state index in [1.165, 1.54) is 11.8 Å². The van der Waals surface area contributed by atoms with Gasteiger partial charge in [0, 0.05) is 4.88 Å². The normalized spacial score (nSPS) is 26.9. The summed E-state index contributed by atoms with van der Waals surface area (Å²) in [6.07, 6.45) is 0. The molecule has 0 saturated carbocycles. The Balaban J connectivity index is 2.20. The molecule has 1 saturated heterocycles. The van der Waals surface area contributed by atoms with Crippen LogP contribution in [0, 0.1) is 0 Å². The molecular formula is C13H17BrN2O2S2. The molecule has 2 rings (SSSR count). The minimum absolute atomic E-state index is 0.0294. The van der Waals surface area contributed by atoms with E-state index in [0.717, 1.165) is 8.66 Å². The number of thiophene rings is 1. The van der Waals surface area contributed by atoms with Crippen LogP contribution in [0.2, 0.25) is 0 Å². The number of hydrogen-bond acceptors (Lipinski definition) is 5. The predicted octanol–water partition coefficient (Wildman–Crippen LogP) is 3.32. The molecule has 1 aliphatic heterocycles. The molecule has 1 fully saturated rings. The summed E-state index contributed by atoms with van der Waals surface area (Å²) >= 11 is 6.34. The van der Waals surface area contributed by atoms with Gasteiger partial charge in [-0.25, -0.2) is 0 Å². The Morgan fingerprint density at radius 1 is 1.50 bits per heavy atom. The van der Waals surface area contributed by atoms with Crippen LogP contribution >= 0.6 is 39.0 Å². The van der Waals surface area contributed by atoms with Gasteiger partial charge in [-0.05, 0) is 55.8 Å². The van der Waals surface area contributed by atoms with Crippen LogP contribution in [-0.4, -0.2) is 26.5 Å². The number of aliphatic imine (C=N–C) groups is 1. The van der Waals surface area contributed by atoms with Crippen molar-refractivity contribution in [1.29, 1.82) is 0 Å². The Morgan fingerprint density at radius 3 is 2.60 bits per heavy atom. The second kappa shape index (κ2) is 5.44. The third-order valence-electron chi connectivity index (χ3n) is 3.44. The molecule has 0 aliphatic carbocycles. The maximum absolute atomic E-state index is 12.1. The van der Waals surface area contributed by atoms with Crippen molar-refractivity contribution < 1.29 is 9.90 Å². The molecule has 1 unspecified atom stereocenters. The van der Waals surface area contributed by atoms with Gasteiger partial charge in [-0.2, -0.15) is 0 Å². The van der Waals surface area contributed by atoms with Crippen LogP contribution in [0.15, 0.2) is 20.9 Å². The highest BCUT2D eigenvalue weighted by Crippen LogP contribution is 2.41. The number of carbonyl (C=O) groups is 1. The first kappa shape index (κ1) is 16.0. The lowest BCUT2D eigenvalue weighted by molar-refractivity contribution is -0.126. The molecule has 2 N–H and O–H groups in total. The number of nitrogens with one attached hydrogen (secondary N) is 1. The van der Waals surface area contributed by atoms with Gasteiger partial charge < -0.3 is 10.4 Å². The van der Waals surface area contributed by atoms with Gasteiger partial charge in [-0.15, -0.1) is 11.3 Å². The van der Waals surface area contributed by atoms with Crippen LogP contribution in [-0.2, 0) is 4.79 Å². The van der Waals surface area contributed by atoms with E-state index in [-0.39, 0.29) is 11.9 Å². The number of halogens is 1. The molecule has 2 atom stereocenters. The van der Waals surface area contributed by atoms with Crippen LogP contribution in [0.1, 0.15) is 38.6 Å². The number of hydrogen-bond donors (Lipinski definition) is 2. The Morgan fingerprint density at radius 2 is 2.15 bits per heavy atom. The smallest absolute Gasteiger partial charge is 0.245 e. The Labute approximate surface area is 135 Å². The molecule has 0 aromatic carbocycles. The molecule has 20 heavy (non-hydrogen) atoms. The lowest BCUT2D eigenvalue weighted by Gasteiger charge is -2.32. The van der Waals surface area contributed by atoms with Crippen molar-refractivity contribution in [3.63, 3.8) is 0 Å². The Bertz CT molecular complexity index is 565. The number of thioether (sulfide) groups is 1. The second-order valence-corrected chi connectivity index (χ2v) is 9.30. The zero-order chi connectivity index (χ0) is 15.1. The van der Waals surface area contributed by atoms with Gasteiger partial charge in [0.25, 0.3) is 0 Å². The standard InChI is InChI=1S/C13H17BrN2O2S2/c1-7(8-5-6-9(14)19-8)15-11-16-10(17)13(4,20-11)12(2,3)18/h5-7,18H,1-4H3,(H,15,16,17)/t7-,13?/m0/s1. The largest absolute Gasteiger partial charge is 0.388 e. The quantitative estimate of drug-likeness (QED) is 0.850. The summed E-state index contributed by atoms with van der Waals surface area (Å²) in [5.74, 6) is -0.201. The van der Waals surface area contributed by atoms with Gasteiger partial charge in [0.05, 0.1) is 15.4 Å². The summed E-state index contributed by atoms with van der Waals surface area (Å²) in [6.45, 7) is 7.00. The van der Waals surface area contributed by atoms with E-state index in [1.54, 1.807) is 32.1 Å². The van der Waals surface area contributed by atoms with E-state index >= 15 is 0 Å². The van der Waals surface area contributed by atoms with Crippen LogP contribution in [0.25, 0.3) is 0 Å². The summed E-state index contributed by atoms with van der Waals surface area (Å²) < 4.78 is 0.144. The number of amides is 1. The molecule has 4 nitrogen and oxygen atoms in total. The maximum Gasteiger partial charge on any atom is 0.245 e. The van der Waals surface area contributed by atoms with Crippen molar-refractivity contribution >= 4 is 50.1 Å². The lowest BCUT2D eigenvalue weighted by Crippen LogP contribution is -2.50. The molecule has 110 valence electrons. The first-order chi connectivity index (χ1) is 9.13. The highest BCUT2D eigenvalue weighted by Gasteiger charge is 2.52. The van der Waals surface area contributed by atoms with Crippen molar-refractivity contribution in [2.24, 2.45) is 4.99 Å². The van der Waals surface area contributed by atoms with Crippen LogP contribution in [0.4, 0.5) is 0 Å². The summed E-state index contributed by atoms with van der Waals surface area (Å²) in [4.78, 5) is 17.8. The summed E-state index contributed by atoms with van der Waals surface area (Å²) in [5.41, 5.74) is -1.12. The monoisotopic (exact) mass is 376 g/mol. The zero-order valence-corrected chi connectivity index (χ0v) is 14.9. The first-order valence-corrected chi connectivity index (χ1v) is 8.62. The molecule has 1 amide bonds. The topological polar surface area (TPSA) is 61.7 Å². The molecule has 0 spiro atoms. The van der Waals surface area contributed by atoms with Gasteiger partial charge in [-0.3, -0.25) is 9.79 Å². The minimum Gasteiger partial charge on any atom is -0.388 e. The molecule has 1 aromatic rings. The van der Waals surface area contributed by atoms with Crippen molar-refractivity contribution in [2.75, 3.05) is 0 Å². The average molecular weight is 377 g/mol. The number of carbonyl (C=O) groups excluding carboxylic acids is 1. The van der Waals surface area contributed by atoms with Crippen molar-refractivity contribution in [3.05, 3.63) is 20.8 Å². The SMILES string of the molecule is C[C@H](N=C1NC(=O)C(C)(C(C)(C)O)S1)c1ccc(Br)s1. The van der Waals surface area contributed by atoms with E-state index < -0.39 is 10.3 Å².